The highest BCUT2D eigenvalue weighted by Crippen LogP contribution is 2.40. The van der Waals surface area contributed by atoms with E-state index in [0.717, 1.165) is 18.9 Å². The van der Waals surface area contributed by atoms with Crippen LogP contribution in [0, 0.1) is 11.6 Å². The Morgan fingerprint density at radius 1 is 1.42 bits per heavy atom. The molecule has 1 N–H and O–H groups in total. The van der Waals surface area contributed by atoms with Crippen LogP contribution in [0.1, 0.15) is 29.2 Å². The molecule has 2 aromatic heterocycles. The number of nitrogens with one attached hydrogen (secondary N) is 1. The molecule has 1 aliphatic rings. The third-order valence-electron chi connectivity index (χ3n) is 4.21. The lowest BCUT2D eigenvalue weighted by Crippen LogP contribution is -2.24. The summed E-state index contributed by atoms with van der Waals surface area (Å²) >= 11 is 1.21. The quantitative estimate of drug-likeness (QED) is 0.757. The van der Waals surface area contributed by atoms with Crippen molar-refractivity contribution in [2.75, 3.05) is 12.4 Å². The third-order valence-corrected chi connectivity index (χ3v) is 4.90. The highest BCUT2D eigenvalue weighted by atomic mass is 32.1. The maximum atomic E-state index is 14.1. The van der Waals surface area contributed by atoms with Crippen molar-refractivity contribution in [3.05, 3.63) is 51.3 Å². The number of ether oxygens (including phenoxy) is 1. The highest BCUT2D eigenvalue weighted by Gasteiger charge is 2.30. The fraction of sp³-hybridized carbons (Fsp3) is 0.235. The van der Waals surface area contributed by atoms with Crippen molar-refractivity contribution in [2.24, 2.45) is 0 Å². The van der Waals surface area contributed by atoms with Crippen LogP contribution in [-0.4, -0.2) is 22.6 Å². The number of anilines is 1. The summed E-state index contributed by atoms with van der Waals surface area (Å²) < 4.78 is 34.7. The van der Waals surface area contributed by atoms with Gasteiger partial charge in [-0.3, -0.25) is 14.9 Å². The minimum absolute atomic E-state index is 0.00303. The molecule has 1 saturated carbocycles. The molecule has 0 bridgehead atoms. The van der Waals surface area contributed by atoms with Gasteiger partial charge in [0.25, 0.3) is 5.91 Å². The van der Waals surface area contributed by atoms with Crippen LogP contribution in [0.2, 0.25) is 0 Å². The standard InChI is InChI=1S/C17H13F2N3O3S/c1-25-15-12(19)11(18)6-9-13(15)22(8-2-3-8)7-10(14(9)23)16(24)21-17-20-4-5-26-17/h4-8H,2-3H2,1H3,(H,20,21,24). The van der Waals surface area contributed by atoms with Crippen molar-refractivity contribution < 1.29 is 18.3 Å². The van der Waals surface area contributed by atoms with Gasteiger partial charge in [-0.05, 0) is 18.9 Å². The number of carbonyl (C=O) groups is 1. The summed E-state index contributed by atoms with van der Waals surface area (Å²) in [5, 5.41) is 4.47. The van der Waals surface area contributed by atoms with Crippen molar-refractivity contribution in [2.45, 2.75) is 18.9 Å². The van der Waals surface area contributed by atoms with Gasteiger partial charge in [0.1, 0.15) is 5.56 Å². The fourth-order valence-electron chi connectivity index (χ4n) is 2.87. The normalized spacial score (nSPS) is 13.8. The molecule has 134 valence electrons. The van der Waals surface area contributed by atoms with E-state index in [2.05, 4.69) is 10.3 Å². The molecule has 0 unspecified atom stereocenters. The van der Waals surface area contributed by atoms with Gasteiger partial charge in [-0.15, -0.1) is 11.3 Å². The molecular weight excluding hydrogens is 364 g/mol. The zero-order valence-electron chi connectivity index (χ0n) is 13.6. The van der Waals surface area contributed by atoms with Crippen LogP contribution in [0.25, 0.3) is 10.9 Å². The highest BCUT2D eigenvalue weighted by molar-refractivity contribution is 7.13. The first-order valence-corrected chi connectivity index (χ1v) is 8.71. The second kappa shape index (κ2) is 6.17. The number of hydrogen-bond acceptors (Lipinski definition) is 5. The number of thiazole rings is 1. The van der Waals surface area contributed by atoms with Gasteiger partial charge in [0.05, 0.1) is 18.0 Å². The van der Waals surface area contributed by atoms with Crippen LogP contribution in [0.15, 0.2) is 28.6 Å². The van der Waals surface area contributed by atoms with E-state index in [0.29, 0.717) is 5.13 Å². The molecular formula is C17H13F2N3O3S. The first kappa shape index (κ1) is 16.6. The number of nitrogens with zero attached hydrogens (tertiary/aromatic N) is 2. The SMILES string of the molecule is COc1c(F)c(F)cc2c(=O)c(C(=O)Nc3nccs3)cn(C3CC3)c12. The second-order valence-corrected chi connectivity index (χ2v) is 6.80. The molecule has 1 fully saturated rings. The predicted molar refractivity (Wildman–Crippen MR) is 93.0 cm³/mol. The van der Waals surface area contributed by atoms with Gasteiger partial charge in [-0.1, -0.05) is 0 Å². The largest absolute Gasteiger partial charge is 0.491 e. The molecule has 26 heavy (non-hydrogen) atoms. The first-order chi connectivity index (χ1) is 12.5. The Bertz CT molecular complexity index is 1080. The van der Waals surface area contributed by atoms with Gasteiger partial charge in [0, 0.05) is 23.8 Å². The zero-order chi connectivity index (χ0) is 18.4. The molecule has 4 rings (SSSR count). The van der Waals surface area contributed by atoms with Crippen molar-refractivity contribution in [1.82, 2.24) is 9.55 Å². The molecule has 2 heterocycles. The number of pyridine rings is 1. The number of benzene rings is 1. The van der Waals surface area contributed by atoms with Gasteiger partial charge in [0.2, 0.25) is 11.2 Å². The predicted octanol–water partition coefficient (Wildman–Crippen LogP) is 3.33. The van der Waals surface area contributed by atoms with Crippen molar-refractivity contribution in [1.29, 1.82) is 0 Å². The maximum Gasteiger partial charge on any atom is 0.262 e. The number of carbonyl (C=O) groups excluding carboxylic acids is 1. The molecule has 0 saturated heterocycles. The molecule has 0 radical (unpaired) electrons. The average Bonchev–Trinajstić information content (AvgIpc) is 3.34. The maximum absolute atomic E-state index is 14.1. The van der Waals surface area contributed by atoms with Crippen molar-refractivity contribution in [3.63, 3.8) is 0 Å². The number of methoxy groups -OCH3 is 1. The van der Waals surface area contributed by atoms with Crippen LogP contribution in [0.5, 0.6) is 5.75 Å². The number of fused-ring (bicyclic) bond motifs is 1. The summed E-state index contributed by atoms with van der Waals surface area (Å²) in [4.78, 5) is 29.3. The zero-order valence-corrected chi connectivity index (χ0v) is 14.4. The van der Waals surface area contributed by atoms with Gasteiger partial charge in [-0.2, -0.15) is 4.39 Å². The molecule has 0 spiro atoms. The summed E-state index contributed by atoms with van der Waals surface area (Å²) in [6.07, 6.45) is 4.53. The smallest absolute Gasteiger partial charge is 0.262 e. The second-order valence-electron chi connectivity index (χ2n) is 5.90. The molecule has 0 aliphatic heterocycles. The van der Waals surface area contributed by atoms with E-state index in [1.165, 1.54) is 30.8 Å². The molecule has 1 aliphatic carbocycles. The van der Waals surface area contributed by atoms with Gasteiger partial charge in [0.15, 0.2) is 16.7 Å². The lowest BCUT2D eigenvalue weighted by atomic mass is 10.1. The molecule has 1 amide bonds. The number of halogens is 2. The average molecular weight is 377 g/mol. The number of hydrogen-bond donors (Lipinski definition) is 1. The number of rotatable bonds is 4. The molecule has 3 aromatic rings. The van der Waals surface area contributed by atoms with Crippen molar-refractivity contribution in [3.8, 4) is 5.75 Å². The van der Waals surface area contributed by atoms with Gasteiger partial charge in [-0.25, -0.2) is 9.37 Å². The molecule has 1 aromatic carbocycles. The topological polar surface area (TPSA) is 73.2 Å². The van der Waals surface area contributed by atoms with Crippen molar-refractivity contribution >= 4 is 33.3 Å². The Balaban J connectivity index is 1.96. The molecule has 6 nitrogen and oxygen atoms in total. The summed E-state index contributed by atoms with van der Waals surface area (Å²) in [5.74, 6) is -3.35. The van der Waals surface area contributed by atoms with Gasteiger partial charge < -0.3 is 9.30 Å². The Kier molecular flexibility index (Phi) is 3.95. The lowest BCUT2D eigenvalue weighted by molar-refractivity contribution is 0.102. The Morgan fingerprint density at radius 3 is 2.81 bits per heavy atom. The van der Waals surface area contributed by atoms with Crippen LogP contribution >= 0.6 is 11.3 Å². The van der Waals surface area contributed by atoms with E-state index in [9.17, 15) is 18.4 Å². The van der Waals surface area contributed by atoms with Crippen LogP contribution in [0.4, 0.5) is 13.9 Å². The summed E-state index contributed by atoms with van der Waals surface area (Å²) in [6, 6.07) is 0.817. The van der Waals surface area contributed by atoms with E-state index < -0.39 is 23.0 Å². The van der Waals surface area contributed by atoms with Crippen LogP contribution < -0.4 is 15.5 Å². The van der Waals surface area contributed by atoms with E-state index in [4.69, 9.17) is 4.74 Å². The Morgan fingerprint density at radius 2 is 2.19 bits per heavy atom. The summed E-state index contributed by atoms with van der Waals surface area (Å²) in [7, 11) is 1.21. The minimum atomic E-state index is -1.20. The van der Waals surface area contributed by atoms with E-state index in [1.54, 1.807) is 9.95 Å². The van der Waals surface area contributed by atoms with E-state index in [1.807, 2.05) is 0 Å². The van der Waals surface area contributed by atoms with E-state index >= 15 is 0 Å². The van der Waals surface area contributed by atoms with Crippen LogP contribution in [0.3, 0.4) is 0 Å². The minimum Gasteiger partial charge on any atom is -0.491 e. The Labute approximate surface area is 150 Å². The fourth-order valence-corrected chi connectivity index (χ4v) is 3.39. The number of aromatic nitrogens is 2. The lowest BCUT2D eigenvalue weighted by Gasteiger charge is -2.16. The third kappa shape index (κ3) is 2.64. The molecule has 9 heteroatoms. The molecule has 0 atom stereocenters. The summed E-state index contributed by atoms with van der Waals surface area (Å²) in [6.45, 7) is 0. The summed E-state index contributed by atoms with van der Waals surface area (Å²) in [5.41, 5.74) is -0.694. The first-order valence-electron chi connectivity index (χ1n) is 7.83. The Hall–Kier alpha value is -2.81. The number of amides is 1. The van der Waals surface area contributed by atoms with Gasteiger partial charge >= 0.3 is 0 Å². The van der Waals surface area contributed by atoms with Crippen LogP contribution in [-0.2, 0) is 0 Å². The monoisotopic (exact) mass is 377 g/mol. The van der Waals surface area contributed by atoms with E-state index in [-0.39, 0.29) is 28.3 Å².